The number of rotatable bonds is 10. The summed E-state index contributed by atoms with van der Waals surface area (Å²) in [4.78, 5) is 12.9. The van der Waals surface area contributed by atoms with Gasteiger partial charge in [0.05, 0.1) is 11.4 Å². The molecule has 0 spiro atoms. The van der Waals surface area contributed by atoms with E-state index in [1.807, 2.05) is 30.3 Å². The topological polar surface area (TPSA) is 75.7 Å². The highest BCUT2D eigenvalue weighted by atomic mass is 35.5. The first-order valence-electron chi connectivity index (χ1n) is 11.4. The minimum absolute atomic E-state index is 0.0339. The Morgan fingerprint density at radius 1 is 0.784 bits per heavy atom. The lowest BCUT2D eigenvalue weighted by Gasteiger charge is -2.22. The first-order valence-corrected chi connectivity index (χ1v) is 13.6. The van der Waals surface area contributed by atoms with Crippen LogP contribution in [0.2, 0.25) is 10.0 Å². The SMILES string of the molecule is O=C(CN(Cc1cccc(Cl)c1)S(=O)(=O)c1ccc(Cl)cc1)Nc1ccc(OCc2ccccc2)cc1. The Morgan fingerprint density at radius 2 is 1.46 bits per heavy atom. The van der Waals surface area contributed by atoms with Gasteiger partial charge in [-0.05, 0) is 71.8 Å². The van der Waals surface area contributed by atoms with E-state index in [2.05, 4.69) is 5.32 Å². The van der Waals surface area contributed by atoms with Gasteiger partial charge >= 0.3 is 0 Å². The van der Waals surface area contributed by atoms with Gasteiger partial charge in [0.25, 0.3) is 0 Å². The molecule has 0 saturated carbocycles. The van der Waals surface area contributed by atoms with Crippen LogP contribution in [-0.2, 0) is 28.0 Å². The number of sulfonamides is 1. The summed E-state index contributed by atoms with van der Waals surface area (Å²) in [6.07, 6.45) is 0. The average molecular weight is 555 g/mol. The second kappa shape index (κ2) is 12.3. The van der Waals surface area contributed by atoms with E-state index in [0.29, 0.717) is 33.7 Å². The quantitative estimate of drug-likeness (QED) is 0.246. The number of amides is 1. The fourth-order valence-electron chi connectivity index (χ4n) is 3.56. The van der Waals surface area contributed by atoms with E-state index in [1.54, 1.807) is 48.5 Å². The van der Waals surface area contributed by atoms with Crippen molar-refractivity contribution in [2.24, 2.45) is 0 Å². The molecule has 190 valence electrons. The lowest BCUT2D eigenvalue weighted by molar-refractivity contribution is -0.116. The fourth-order valence-corrected chi connectivity index (χ4v) is 5.28. The molecule has 0 radical (unpaired) electrons. The van der Waals surface area contributed by atoms with Gasteiger partial charge in [-0.2, -0.15) is 4.31 Å². The van der Waals surface area contributed by atoms with E-state index in [-0.39, 0.29) is 11.4 Å². The van der Waals surface area contributed by atoms with Gasteiger partial charge in [0.2, 0.25) is 15.9 Å². The van der Waals surface area contributed by atoms with Gasteiger partial charge < -0.3 is 10.1 Å². The number of halogens is 2. The minimum atomic E-state index is -4.01. The third kappa shape index (κ3) is 7.57. The summed E-state index contributed by atoms with van der Waals surface area (Å²) < 4.78 is 33.7. The number of anilines is 1. The number of carbonyl (C=O) groups is 1. The van der Waals surface area contributed by atoms with Crippen LogP contribution in [0.1, 0.15) is 11.1 Å². The van der Waals surface area contributed by atoms with Crippen LogP contribution >= 0.6 is 23.2 Å². The largest absolute Gasteiger partial charge is 0.489 e. The number of benzene rings is 4. The lowest BCUT2D eigenvalue weighted by Crippen LogP contribution is -2.37. The van der Waals surface area contributed by atoms with E-state index >= 15 is 0 Å². The Hall–Kier alpha value is -3.36. The van der Waals surface area contributed by atoms with Gasteiger partial charge in [0.15, 0.2) is 0 Å². The Bertz CT molecular complexity index is 1450. The zero-order chi connectivity index (χ0) is 26.3. The number of hydrogen-bond acceptors (Lipinski definition) is 4. The van der Waals surface area contributed by atoms with Gasteiger partial charge in [0.1, 0.15) is 12.4 Å². The maximum absolute atomic E-state index is 13.4. The number of nitrogens with one attached hydrogen (secondary N) is 1. The maximum atomic E-state index is 13.4. The summed E-state index contributed by atoms with van der Waals surface area (Å²) >= 11 is 12.0. The zero-order valence-corrected chi connectivity index (χ0v) is 22.0. The summed E-state index contributed by atoms with van der Waals surface area (Å²) in [5.74, 6) is 0.160. The lowest BCUT2D eigenvalue weighted by atomic mass is 10.2. The minimum Gasteiger partial charge on any atom is -0.489 e. The van der Waals surface area contributed by atoms with Gasteiger partial charge in [-0.25, -0.2) is 8.42 Å². The molecule has 0 unspecified atom stereocenters. The number of ether oxygens (including phenoxy) is 1. The molecule has 9 heteroatoms. The Morgan fingerprint density at radius 3 is 2.14 bits per heavy atom. The van der Waals surface area contributed by atoms with Crippen LogP contribution in [0, 0.1) is 0 Å². The van der Waals surface area contributed by atoms with Crippen molar-refractivity contribution in [1.82, 2.24) is 4.31 Å². The summed E-state index contributed by atoms with van der Waals surface area (Å²) in [6.45, 7) is -0.0114. The molecule has 0 aliphatic heterocycles. The van der Waals surface area contributed by atoms with Crippen LogP contribution in [0.15, 0.2) is 108 Å². The van der Waals surface area contributed by atoms with Crippen molar-refractivity contribution in [3.05, 3.63) is 124 Å². The zero-order valence-electron chi connectivity index (χ0n) is 19.7. The molecule has 0 aromatic heterocycles. The molecule has 4 rings (SSSR count). The summed E-state index contributed by atoms with van der Waals surface area (Å²) in [5, 5.41) is 3.64. The number of hydrogen-bond donors (Lipinski definition) is 1. The van der Waals surface area contributed by atoms with Crippen molar-refractivity contribution in [1.29, 1.82) is 0 Å². The molecular weight excluding hydrogens is 531 g/mol. The molecule has 0 saturated heterocycles. The van der Waals surface area contributed by atoms with E-state index < -0.39 is 22.5 Å². The molecule has 0 aliphatic rings. The molecule has 37 heavy (non-hydrogen) atoms. The van der Waals surface area contributed by atoms with Crippen molar-refractivity contribution >= 4 is 44.8 Å². The normalized spacial score (nSPS) is 11.3. The van der Waals surface area contributed by atoms with Crippen LogP contribution in [0.5, 0.6) is 5.75 Å². The summed E-state index contributed by atoms with van der Waals surface area (Å²) in [6, 6.07) is 29.3. The predicted octanol–water partition coefficient (Wildman–Crippen LogP) is 6.40. The Kier molecular flexibility index (Phi) is 8.84. The van der Waals surface area contributed by atoms with E-state index in [0.717, 1.165) is 9.87 Å². The predicted molar refractivity (Wildman–Crippen MR) is 146 cm³/mol. The van der Waals surface area contributed by atoms with Crippen molar-refractivity contribution in [3.8, 4) is 5.75 Å². The van der Waals surface area contributed by atoms with E-state index in [4.69, 9.17) is 27.9 Å². The van der Waals surface area contributed by atoms with Crippen LogP contribution in [0.4, 0.5) is 5.69 Å². The van der Waals surface area contributed by atoms with E-state index in [9.17, 15) is 13.2 Å². The molecule has 6 nitrogen and oxygen atoms in total. The standard InChI is InChI=1S/C28H24Cl2N2O4S/c29-23-9-15-27(16-10-23)37(34,35)32(18-22-7-4-8-24(30)17-22)19-28(33)31-25-11-13-26(14-12-25)36-20-21-5-2-1-3-6-21/h1-17H,18-20H2,(H,31,33). The molecular formula is C28H24Cl2N2O4S. The van der Waals surface area contributed by atoms with Crippen molar-refractivity contribution in [2.75, 3.05) is 11.9 Å². The van der Waals surface area contributed by atoms with Gasteiger partial charge in [0, 0.05) is 22.3 Å². The molecule has 4 aromatic carbocycles. The fraction of sp³-hybridized carbons (Fsp3) is 0.107. The van der Waals surface area contributed by atoms with Crippen molar-refractivity contribution in [3.63, 3.8) is 0 Å². The molecule has 0 fully saturated rings. The highest BCUT2D eigenvalue weighted by molar-refractivity contribution is 7.89. The van der Waals surface area contributed by atoms with Gasteiger partial charge in [-0.3, -0.25) is 4.79 Å². The third-order valence-electron chi connectivity index (χ3n) is 5.41. The molecule has 0 heterocycles. The first kappa shape index (κ1) is 26.7. The molecule has 0 aliphatic carbocycles. The monoisotopic (exact) mass is 554 g/mol. The first-order chi connectivity index (χ1) is 17.8. The van der Waals surface area contributed by atoms with Crippen LogP contribution < -0.4 is 10.1 Å². The number of carbonyl (C=O) groups excluding carboxylic acids is 1. The van der Waals surface area contributed by atoms with Crippen LogP contribution in [-0.4, -0.2) is 25.2 Å². The summed E-state index contributed by atoms with van der Waals surface area (Å²) in [7, 11) is -4.01. The number of nitrogens with zero attached hydrogens (tertiary/aromatic N) is 1. The molecule has 0 bridgehead atoms. The average Bonchev–Trinajstić information content (AvgIpc) is 2.89. The second-order valence-electron chi connectivity index (χ2n) is 8.20. The van der Waals surface area contributed by atoms with E-state index in [1.165, 1.54) is 24.3 Å². The summed E-state index contributed by atoms with van der Waals surface area (Å²) in [5.41, 5.74) is 2.21. The Labute approximate surface area is 226 Å². The van der Waals surface area contributed by atoms with Gasteiger partial charge in [-0.15, -0.1) is 0 Å². The third-order valence-corrected chi connectivity index (χ3v) is 7.70. The van der Waals surface area contributed by atoms with Crippen LogP contribution in [0.25, 0.3) is 0 Å². The molecule has 4 aromatic rings. The van der Waals surface area contributed by atoms with Gasteiger partial charge in [-0.1, -0.05) is 65.7 Å². The van der Waals surface area contributed by atoms with Crippen LogP contribution in [0.3, 0.4) is 0 Å². The molecule has 0 atom stereocenters. The maximum Gasteiger partial charge on any atom is 0.243 e. The highest BCUT2D eigenvalue weighted by Gasteiger charge is 2.27. The molecule has 1 N–H and O–H groups in total. The Balaban J connectivity index is 1.46. The molecule has 1 amide bonds. The highest BCUT2D eigenvalue weighted by Crippen LogP contribution is 2.22. The smallest absolute Gasteiger partial charge is 0.243 e. The second-order valence-corrected chi connectivity index (χ2v) is 11.0. The van der Waals surface area contributed by atoms with Crippen molar-refractivity contribution < 1.29 is 17.9 Å². The van der Waals surface area contributed by atoms with Crippen molar-refractivity contribution in [2.45, 2.75) is 18.0 Å².